The van der Waals surface area contributed by atoms with Crippen LogP contribution in [0.5, 0.6) is 0 Å². The highest BCUT2D eigenvalue weighted by atomic mass is 16.5. The molecule has 1 aromatic carbocycles. The molecule has 2 N–H and O–H groups in total. The number of benzene rings is 1. The van der Waals surface area contributed by atoms with Gasteiger partial charge in [-0.15, -0.1) is 0 Å². The van der Waals surface area contributed by atoms with Crippen LogP contribution in [0.4, 0.5) is 0 Å². The van der Waals surface area contributed by atoms with E-state index >= 15 is 0 Å². The summed E-state index contributed by atoms with van der Waals surface area (Å²) in [4.78, 5) is 21.1. The normalized spacial score (nSPS) is 16.7. The first-order chi connectivity index (χ1) is 14.5. The molecule has 1 saturated heterocycles. The molecule has 0 bridgehead atoms. The van der Waals surface area contributed by atoms with E-state index in [4.69, 9.17) is 9.15 Å². The van der Waals surface area contributed by atoms with Crippen LogP contribution in [0.25, 0.3) is 0 Å². The van der Waals surface area contributed by atoms with E-state index in [1.165, 1.54) is 6.26 Å². The first kappa shape index (κ1) is 22.4. The Kier molecular flexibility index (Phi) is 8.39. The number of piperazine rings is 1. The Labute approximate surface area is 177 Å². The van der Waals surface area contributed by atoms with Crippen molar-refractivity contribution >= 4 is 5.91 Å². The van der Waals surface area contributed by atoms with Gasteiger partial charge in [0.05, 0.1) is 25.4 Å². The topological polar surface area (TPSA) is 91.1 Å². The van der Waals surface area contributed by atoms with Crippen molar-refractivity contribution in [3.63, 3.8) is 0 Å². The molecule has 1 atom stereocenters. The fourth-order valence-electron chi connectivity index (χ4n) is 3.33. The van der Waals surface area contributed by atoms with Crippen LogP contribution in [0, 0.1) is 0 Å². The van der Waals surface area contributed by atoms with Crippen LogP contribution in [-0.4, -0.2) is 77.3 Å². The minimum absolute atomic E-state index is 0.127. The number of amides is 1. The minimum Gasteiger partial charge on any atom is -0.447 e. The Hall–Kier alpha value is -2.26. The molecular formula is C22H32N4O4. The van der Waals surface area contributed by atoms with E-state index in [9.17, 15) is 9.90 Å². The lowest BCUT2D eigenvalue weighted by molar-refractivity contribution is -0.0151. The van der Waals surface area contributed by atoms with Crippen molar-refractivity contribution in [1.82, 2.24) is 20.1 Å². The molecule has 1 aliphatic heterocycles. The molecule has 30 heavy (non-hydrogen) atoms. The summed E-state index contributed by atoms with van der Waals surface area (Å²) in [7, 11) is 0. The number of nitrogens with zero attached hydrogens (tertiary/aromatic N) is 3. The van der Waals surface area contributed by atoms with E-state index in [2.05, 4.69) is 20.1 Å². The average Bonchev–Trinajstić information content (AvgIpc) is 3.21. The van der Waals surface area contributed by atoms with Gasteiger partial charge in [0.25, 0.3) is 5.91 Å². The number of rotatable bonds is 10. The molecule has 0 spiro atoms. The highest BCUT2D eigenvalue weighted by molar-refractivity contribution is 5.91. The molecule has 1 unspecified atom stereocenters. The number of hydrogen-bond donors (Lipinski definition) is 2. The van der Waals surface area contributed by atoms with E-state index in [1.54, 1.807) is 0 Å². The average molecular weight is 417 g/mol. The van der Waals surface area contributed by atoms with Gasteiger partial charge in [-0.05, 0) is 19.4 Å². The van der Waals surface area contributed by atoms with Gasteiger partial charge in [0.15, 0.2) is 5.69 Å². The van der Waals surface area contributed by atoms with Crippen LogP contribution >= 0.6 is 0 Å². The zero-order valence-corrected chi connectivity index (χ0v) is 17.8. The summed E-state index contributed by atoms with van der Waals surface area (Å²) in [5, 5.41) is 12.9. The Balaban J connectivity index is 1.38. The molecule has 1 fully saturated rings. The third-order valence-corrected chi connectivity index (χ3v) is 4.99. The van der Waals surface area contributed by atoms with Crippen molar-refractivity contribution < 1.29 is 19.1 Å². The molecule has 1 amide bonds. The molecule has 1 aliphatic rings. The number of carbonyl (C=O) groups is 1. The lowest BCUT2D eigenvalue weighted by Gasteiger charge is -2.35. The number of carbonyl (C=O) groups excluding carboxylic acids is 1. The summed E-state index contributed by atoms with van der Waals surface area (Å²) in [5.41, 5.74) is 1.33. The molecular weight excluding hydrogens is 384 g/mol. The number of hydrogen-bond acceptors (Lipinski definition) is 7. The molecule has 1 aromatic heterocycles. The third kappa shape index (κ3) is 7.21. The summed E-state index contributed by atoms with van der Waals surface area (Å²) in [6.45, 7) is 9.38. The zero-order chi connectivity index (χ0) is 21.3. The van der Waals surface area contributed by atoms with E-state index in [1.807, 2.05) is 44.2 Å². The van der Waals surface area contributed by atoms with Crippen molar-refractivity contribution in [3.8, 4) is 0 Å². The number of aliphatic hydroxyl groups is 1. The fourth-order valence-corrected chi connectivity index (χ4v) is 3.33. The largest absolute Gasteiger partial charge is 0.447 e. The molecule has 164 valence electrons. The highest BCUT2D eigenvalue weighted by Crippen LogP contribution is 2.10. The molecule has 0 aliphatic carbocycles. The third-order valence-electron chi connectivity index (χ3n) is 4.99. The summed E-state index contributed by atoms with van der Waals surface area (Å²) in [6.07, 6.45) is 1.07. The maximum atomic E-state index is 12.3. The van der Waals surface area contributed by atoms with Gasteiger partial charge < -0.3 is 19.6 Å². The molecule has 3 rings (SSSR count). The predicted molar refractivity (Wildman–Crippen MR) is 113 cm³/mol. The van der Waals surface area contributed by atoms with Gasteiger partial charge in [0, 0.05) is 39.3 Å². The molecule has 8 nitrogen and oxygen atoms in total. The van der Waals surface area contributed by atoms with Crippen LogP contribution < -0.4 is 5.32 Å². The lowest BCUT2D eigenvalue weighted by Crippen LogP contribution is -2.48. The number of ether oxygens (including phenoxy) is 1. The van der Waals surface area contributed by atoms with Crippen molar-refractivity contribution in [2.24, 2.45) is 0 Å². The zero-order valence-electron chi connectivity index (χ0n) is 17.8. The van der Waals surface area contributed by atoms with Crippen molar-refractivity contribution in [1.29, 1.82) is 0 Å². The van der Waals surface area contributed by atoms with Crippen molar-refractivity contribution in [2.45, 2.75) is 39.1 Å². The standard InChI is InChI=1S/C22H32N4O4/c1-17(2)29-15-19(27)13-25-8-10-26(11-9-25)14-21-24-20(16-30-21)22(28)23-12-18-6-4-3-5-7-18/h3-7,16-17,19,27H,8-15H2,1-2H3,(H,23,28). The second-order valence-corrected chi connectivity index (χ2v) is 7.91. The first-order valence-electron chi connectivity index (χ1n) is 10.5. The highest BCUT2D eigenvalue weighted by Gasteiger charge is 2.21. The summed E-state index contributed by atoms with van der Waals surface area (Å²) >= 11 is 0. The number of oxazole rings is 1. The molecule has 8 heteroatoms. The van der Waals surface area contributed by atoms with Crippen molar-refractivity contribution in [3.05, 3.63) is 53.7 Å². The van der Waals surface area contributed by atoms with Gasteiger partial charge in [0.1, 0.15) is 6.26 Å². The van der Waals surface area contributed by atoms with Gasteiger partial charge in [-0.2, -0.15) is 0 Å². The fraction of sp³-hybridized carbons (Fsp3) is 0.545. The Morgan fingerprint density at radius 2 is 1.90 bits per heavy atom. The van der Waals surface area contributed by atoms with E-state index in [0.717, 1.165) is 31.7 Å². The molecule has 0 radical (unpaired) electrons. The summed E-state index contributed by atoms with van der Waals surface area (Å²) in [6, 6.07) is 9.75. The summed E-state index contributed by atoms with van der Waals surface area (Å²) < 4.78 is 11.0. The van der Waals surface area contributed by atoms with Crippen LogP contribution in [0.15, 0.2) is 41.0 Å². The maximum Gasteiger partial charge on any atom is 0.273 e. The predicted octanol–water partition coefficient (Wildman–Crippen LogP) is 1.51. The van der Waals surface area contributed by atoms with Gasteiger partial charge in [-0.1, -0.05) is 30.3 Å². The molecule has 2 aromatic rings. The van der Waals surface area contributed by atoms with E-state index in [-0.39, 0.29) is 12.0 Å². The van der Waals surface area contributed by atoms with Crippen LogP contribution in [0.1, 0.15) is 35.8 Å². The number of β-amino-alcohol motifs (C(OH)–C–C–N with tert-alkyl or cyclic N) is 1. The van der Waals surface area contributed by atoms with Gasteiger partial charge >= 0.3 is 0 Å². The monoisotopic (exact) mass is 416 g/mol. The maximum absolute atomic E-state index is 12.3. The molecule has 2 heterocycles. The minimum atomic E-state index is -0.470. The number of nitrogens with one attached hydrogen (secondary N) is 1. The van der Waals surface area contributed by atoms with E-state index < -0.39 is 6.10 Å². The Morgan fingerprint density at radius 3 is 2.60 bits per heavy atom. The number of aliphatic hydroxyl groups excluding tert-OH is 1. The van der Waals surface area contributed by atoms with Crippen LogP contribution in [-0.2, 0) is 17.8 Å². The Morgan fingerprint density at radius 1 is 1.20 bits per heavy atom. The van der Waals surface area contributed by atoms with Crippen LogP contribution in [0.3, 0.4) is 0 Å². The number of aromatic nitrogens is 1. The quantitative estimate of drug-likeness (QED) is 0.607. The van der Waals surface area contributed by atoms with Crippen molar-refractivity contribution in [2.75, 3.05) is 39.3 Å². The lowest BCUT2D eigenvalue weighted by atomic mass is 10.2. The van der Waals surface area contributed by atoms with E-state index in [0.29, 0.717) is 37.8 Å². The molecule has 0 saturated carbocycles. The van der Waals surface area contributed by atoms with Gasteiger partial charge in [0.2, 0.25) is 5.89 Å². The summed E-state index contributed by atoms with van der Waals surface area (Å²) in [5.74, 6) is 0.301. The van der Waals surface area contributed by atoms with Crippen LogP contribution in [0.2, 0.25) is 0 Å². The first-order valence-corrected chi connectivity index (χ1v) is 10.5. The SMILES string of the molecule is CC(C)OCC(O)CN1CCN(Cc2nc(C(=O)NCc3ccccc3)co2)CC1. The second-order valence-electron chi connectivity index (χ2n) is 7.91. The smallest absolute Gasteiger partial charge is 0.273 e. The Bertz CT molecular complexity index is 772. The van der Waals surface area contributed by atoms with Gasteiger partial charge in [-0.3, -0.25) is 14.6 Å². The second kappa shape index (κ2) is 11.2. The van der Waals surface area contributed by atoms with Gasteiger partial charge in [-0.25, -0.2) is 4.98 Å².